The number of fused-ring (bicyclic) bond motifs is 1. The van der Waals surface area contributed by atoms with Crippen LogP contribution in [0.1, 0.15) is 63.1 Å². The van der Waals surface area contributed by atoms with Gasteiger partial charge in [-0.15, -0.1) is 0 Å². The zero-order valence-electron chi connectivity index (χ0n) is 27.9. The summed E-state index contributed by atoms with van der Waals surface area (Å²) in [5.74, 6) is -1.38. The Hall–Kier alpha value is -4.75. The molecule has 0 spiro atoms. The first-order chi connectivity index (χ1) is 22.6. The van der Waals surface area contributed by atoms with Gasteiger partial charge in [0.25, 0.3) is 5.56 Å². The van der Waals surface area contributed by atoms with E-state index in [1.807, 2.05) is 38.1 Å². The number of carbonyl (C=O) groups is 2. The van der Waals surface area contributed by atoms with Crippen LogP contribution in [0.25, 0.3) is 10.9 Å². The predicted octanol–water partition coefficient (Wildman–Crippen LogP) is 4.93. The fourth-order valence-electron chi connectivity index (χ4n) is 5.60. The molecule has 1 heterocycles. The Bertz CT molecular complexity index is 2030. The van der Waals surface area contributed by atoms with Gasteiger partial charge in [-0.2, -0.15) is 0 Å². The highest BCUT2D eigenvalue weighted by Crippen LogP contribution is 2.26. The van der Waals surface area contributed by atoms with Crippen molar-refractivity contribution in [3.63, 3.8) is 0 Å². The molecule has 0 aliphatic carbocycles. The van der Waals surface area contributed by atoms with Crippen molar-refractivity contribution in [2.45, 2.75) is 71.4 Å². The van der Waals surface area contributed by atoms with E-state index in [2.05, 4.69) is 15.4 Å². The summed E-state index contributed by atoms with van der Waals surface area (Å²) in [4.78, 5) is 51.8. The quantitative estimate of drug-likeness (QED) is 0.147. The molecule has 0 saturated heterocycles. The zero-order chi connectivity index (χ0) is 35.2. The number of nitrogens with one attached hydrogen (secondary N) is 3. The van der Waals surface area contributed by atoms with Gasteiger partial charge in [0.15, 0.2) is 0 Å². The summed E-state index contributed by atoms with van der Waals surface area (Å²) in [6.07, 6.45) is 1.93. The molecule has 0 fully saturated rings. The number of benzene rings is 3. The van der Waals surface area contributed by atoms with Crippen LogP contribution in [-0.2, 0) is 33.8 Å². The first-order valence-corrected chi connectivity index (χ1v) is 17.5. The Morgan fingerprint density at radius 2 is 1.65 bits per heavy atom. The summed E-state index contributed by atoms with van der Waals surface area (Å²) in [6, 6.07) is 17.9. The van der Waals surface area contributed by atoms with E-state index >= 15 is 0 Å². The maximum absolute atomic E-state index is 13.9. The van der Waals surface area contributed by atoms with Gasteiger partial charge in [0.1, 0.15) is 6.04 Å². The van der Waals surface area contributed by atoms with Crippen LogP contribution in [0.4, 0.5) is 16.2 Å². The number of anilines is 2. The molecule has 0 saturated carbocycles. The van der Waals surface area contributed by atoms with Gasteiger partial charge in [-0.05, 0) is 93.5 Å². The minimum Gasteiger partial charge on any atom is -0.480 e. The molecule has 0 aliphatic rings. The molecule has 4 N–H and O–H groups in total. The molecule has 256 valence electrons. The monoisotopic (exact) mass is 677 g/mol. The molecule has 12 nitrogen and oxygen atoms in total. The Morgan fingerprint density at radius 3 is 2.29 bits per heavy atom. The van der Waals surface area contributed by atoms with E-state index < -0.39 is 44.9 Å². The van der Waals surface area contributed by atoms with Crippen molar-refractivity contribution in [1.29, 1.82) is 0 Å². The lowest BCUT2D eigenvalue weighted by Crippen LogP contribution is -2.49. The van der Waals surface area contributed by atoms with Gasteiger partial charge in [-0.1, -0.05) is 49.7 Å². The number of carboxylic acids is 1. The average molecular weight is 678 g/mol. The summed E-state index contributed by atoms with van der Waals surface area (Å²) in [7, 11) is -2.12. The lowest BCUT2D eigenvalue weighted by Gasteiger charge is -2.28. The Labute approximate surface area is 279 Å². The maximum Gasteiger partial charge on any atom is 0.331 e. The standard InChI is InChI=1S/C35H43N5O7S/c1-6-7-21-48(46,47)38-29(32(42)43)14-10-12-24-15-20-30-27(22-24)31(41)40(34(45)39(30)5)35(3,4)25-16-18-26(19-17-25)36-33(44)37-28-13-9-8-11-23(28)2/h8-9,11,13,15-20,22,29,38H,6-7,10,12,14,21H2,1-5H3,(H,42,43)(H2,36,37,44). The molecule has 2 amide bonds. The van der Waals surface area contributed by atoms with Crippen LogP contribution in [0, 0.1) is 6.92 Å². The van der Waals surface area contributed by atoms with Gasteiger partial charge < -0.3 is 15.7 Å². The number of rotatable bonds is 14. The summed E-state index contributed by atoms with van der Waals surface area (Å²) in [5, 5.41) is 15.5. The van der Waals surface area contributed by atoms with Gasteiger partial charge >= 0.3 is 17.7 Å². The molecule has 13 heteroatoms. The first-order valence-electron chi connectivity index (χ1n) is 15.9. The Kier molecular flexibility index (Phi) is 11.3. The number of carbonyl (C=O) groups excluding carboxylic acids is 1. The smallest absolute Gasteiger partial charge is 0.331 e. The second-order valence-electron chi connectivity index (χ2n) is 12.4. The summed E-state index contributed by atoms with van der Waals surface area (Å²) >= 11 is 0. The van der Waals surface area contributed by atoms with Crippen LogP contribution in [0.5, 0.6) is 0 Å². The van der Waals surface area contributed by atoms with Gasteiger partial charge in [-0.25, -0.2) is 27.3 Å². The van der Waals surface area contributed by atoms with E-state index in [1.165, 1.54) is 9.13 Å². The number of carboxylic acid groups (broad SMARTS) is 1. The van der Waals surface area contributed by atoms with Crippen molar-refractivity contribution in [1.82, 2.24) is 13.9 Å². The predicted molar refractivity (Wildman–Crippen MR) is 188 cm³/mol. The lowest BCUT2D eigenvalue weighted by molar-refractivity contribution is -0.139. The van der Waals surface area contributed by atoms with Crippen molar-refractivity contribution in [3.05, 3.63) is 104 Å². The number of hydrogen-bond acceptors (Lipinski definition) is 6. The van der Waals surface area contributed by atoms with Crippen molar-refractivity contribution >= 4 is 44.3 Å². The van der Waals surface area contributed by atoms with Crippen LogP contribution in [0.2, 0.25) is 0 Å². The van der Waals surface area contributed by atoms with Crippen LogP contribution in [0.3, 0.4) is 0 Å². The minimum atomic E-state index is -3.72. The van der Waals surface area contributed by atoms with Crippen molar-refractivity contribution < 1.29 is 23.1 Å². The van der Waals surface area contributed by atoms with E-state index in [0.717, 1.165) is 11.1 Å². The molecule has 4 rings (SSSR count). The number of urea groups is 1. The fraction of sp³-hybridized carbons (Fsp3) is 0.371. The molecule has 0 bridgehead atoms. The lowest BCUT2D eigenvalue weighted by atomic mass is 9.93. The van der Waals surface area contributed by atoms with Crippen molar-refractivity contribution in [3.8, 4) is 0 Å². The first kappa shape index (κ1) is 36.1. The molecule has 0 radical (unpaired) electrons. The van der Waals surface area contributed by atoms with Gasteiger partial charge in [0, 0.05) is 18.4 Å². The van der Waals surface area contributed by atoms with E-state index in [9.17, 15) is 32.7 Å². The molecule has 0 aliphatic heterocycles. The number of aryl methyl sites for hydroxylation is 3. The summed E-state index contributed by atoms with van der Waals surface area (Å²) in [6.45, 7) is 7.29. The summed E-state index contributed by atoms with van der Waals surface area (Å²) < 4.78 is 29.4. The summed E-state index contributed by atoms with van der Waals surface area (Å²) in [5.41, 5.74) is 1.97. The normalized spacial score (nSPS) is 12.5. The fourth-order valence-corrected chi connectivity index (χ4v) is 7.04. The van der Waals surface area contributed by atoms with Gasteiger partial charge in [-0.3, -0.25) is 14.2 Å². The second kappa shape index (κ2) is 15.0. The number of aliphatic carboxylic acids is 1. The molecule has 1 unspecified atom stereocenters. The topological polar surface area (TPSA) is 169 Å². The Morgan fingerprint density at radius 1 is 0.958 bits per heavy atom. The maximum atomic E-state index is 13.9. The van der Waals surface area contributed by atoms with Crippen molar-refractivity contribution in [2.75, 3.05) is 16.4 Å². The largest absolute Gasteiger partial charge is 0.480 e. The van der Waals surface area contributed by atoms with E-state index in [1.54, 1.807) is 63.4 Å². The van der Waals surface area contributed by atoms with E-state index in [4.69, 9.17) is 0 Å². The van der Waals surface area contributed by atoms with Crippen molar-refractivity contribution in [2.24, 2.45) is 7.05 Å². The van der Waals surface area contributed by atoms with Crippen LogP contribution in [0.15, 0.2) is 76.3 Å². The number of hydrogen-bond donors (Lipinski definition) is 4. The third kappa shape index (κ3) is 8.39. The second-order valence-corrected chi connectivity index (χ2v) is 14.3. The highest BCUT2D eigenvalue weighted by Gasteiger charge is 2.29. The van der Waals surface area contributed by atoms with Gasteiger partial charge in [0.2, 0.25) is 10.0 Å². The number of nitrogens with zero attached hydrogens (tertiary/aromatic N) is 2. The third-order valence-corrected chi connectivity index (χ3v) is 9.95. The highest BCUT2D eigenvalue weighted by atomic mass is 32.2. The number of para-hydroxylation sites is 1. The minimum absolute atomic E-state index is 0.0711. The Balaban J connectivity index is 1.54. The molecule has 3 aromatic carbocycles. The van der Waals surface area contributed by atoms with Crippen LogP contribution in [-0.4, -0.2) is 46.5 Å². The van der Waals surface area contributed by atoms with E-state index in [-0.39, 0.29) is 12.2 Å². The SMILES string of the molecule is CCCCS(=O)(=O)NC(CCCc1ccc2c(c1)c(=O)n(C(C)(C)c1ccc(NC(=O)Nc3ccccc3C)cc1)c(=O)n2C)C(=O)O. The van der Waals surface area contributed by atoms with Crippen LogP contribution < -0.4 is 26.6 Å². The molecule has 1 atom stereocenters. The van der Waals surface area contributed by atoms with Gasteiger partial charge in [0.05, 0.1) is 22.2 Å². The molecular weight excluding hydrogens is 634 g/mol. The molecule has 1 aromatic heterocycles. The molecule has 48 heavy (non-hydrogen) atoms. The average Bonchev–Trinajstić information content (AvgIpc) is 3.03. The third-order valence-electron chi connectivity index (χ3n) is 8.48. The molecular formula is C35H43N5O7S. The number of unbranched alkanes of at least 4 members (excludes halogenated alkanes) is 1. The van der Waals surface area contributed by atoms with Crippen LogP contribution >= 0.6 is 0 Å². The van der Waals surface area contributed by atoms with E-state index in [0.29, 0.717) is 53.5 Å². The number of sulfonamides is 1. The highest BCUT2D eigenvalue weighted by molar-refractivity contribution is 7.89. The number of aromatic nitrogens is 2. The molecule has 4 aromatic rings. The zero-order valence-corrected chi connectivity index (χ0v) is 28.7. The number of amides is 2.